The first-order valence-corrected chi connectivity index (χ1v) is 6.58. The molecule has 2 rings (SSSR count). The van der Waals surface area contributed by atoms with Gasteiger partial charge >= 0.3 is 0 Å². The van der Waals surface area contributed by atoms with Crippen molar-refractivity contribution in [3.05, 3.63) is 48.3 Å². The fourth-order valence-corrected chi connectivity index (χ4v) is 1.99. The van der Waals surface area contributed by atoms with Gasteiger partial charge in [-0.2, -0.15) is 5.10 Å². The molecule has 1 aromatic heterocycles. The summed E-state index contributed by atoms with van der Waals surface area (Å²) < 4.78 is 6.97. The Morgan fingerprint density at radius 1 is 1.32 bits per heavy atom. The van der Waals surface area contributed by atoms with Crippen LogP contribution < -0.4 is 5.32 Å². The summed E-state index contributed by atoms with van der Waals surface area (Å²) in [6, 6.07) is 10.4. The molecule has 102 valence electrons. The number of methoxy groups -OCH3 is 1. The number of nitrogens with one attached hydrogen (secondary N) is 1. The fourth-order valence-electron chi connectivity index (χ4n) is 1.99. The van der Waals surface area contributed by atoms with Crippen LogP contribution in [0.25, 0.3) is 5.69 Å². The predicted molar refractivity (Wildman–Crippen MR) is 76.3 cm³/mol. The molecule has 0 fully saturated rings. The van der Waals surface area contributed by atoms with E-state index < -0.39 is 0 Å². The maximum absolute atomic E-state index is 5.11. The van der Waals surface area contributed by atoms with Crippen LogP contribution in [0.15, 0.2) is 42.7 Å². The van der Waals surface area contributed by atoms with E-state index in [9.17, 15) is 0 Å². The smallest absolute Gasteiger partial charge is 0.0645 e. The third-order valence-electron chi connectivity index (χ3n) is 2.98. The molecule has 0 saturated carbocycles. The Hall–Kier alpha value is -1.65. The van der Waals surface area contributed by atoms with Gasteiger partial charge in [0.05, 0.1) is 5.69 Å². The van der Waals surface area contributed by atoms with E-state index in [0.717, 1.165) is 25.4 Å². The van der Waals surface area contributed by atoms with Crippen LogP contribution in [-0.4, -0.2) is 30.0 Å². The van der Waals surface area contributed by atoms with Crippen molar-refractivity contribution in [1.29, 1.82) is 0 Å². The predicted octanol–water partition coefficient (Wildman–Crippen LogP) is 2.24. The van der Waals surface area contributed by atoms with Gasteiger partial charge in [-0.1, -0.05) is 19.1 Å². The highest BCUT2D eigenvalue weighted by Crippen LogP contribution is 2.08. The number of ether oxygens (including phenoxy) is 1. The second kappa shape index (κ2) is 7.07. The van der Waals surface area contributed by atoms with E-state index in [1.165, 1.54) is 5.56 Å². The van der Waals surface area contributed by atoms with E-state index in [1.807, 2.05) is 16.9 Å². The molecule has 1 unspecified atom stereocenters. The molecule has 0 amide bonds. The second-order valence-electron chi connectivity index (χ2n) is 4.81. The summed E-state index contributed by atoms with van der Waals surface area (Å²) in [7, 11) is 1.74. The molecule has 0 spiro atoms. The first kappa shape index (κ1) is 13.8. The van der Waals surface area contributed by atoms with E-state index >= 15 is 0 Å². The number of aromatic nitrogens is 2. The van der Waals surface area contributed by atoms with Gasteiger partial charge < -0.3 is 10.1 Å². The minimum atomic E-state index is 0.536. The molecule has 0 aliphatic carbocycles. The summed E-state index contributed by atoms with van der Waals surface area (Å²) in [5.74, 6) is 0.536. The summed E-state index contributed by atoms with van der Waals surface area (Å²) in [4.78, 5) is 0. The lowest BCUT2D eigenvalue weighted by molar-refractivity contribution is 0.158. The van der Waals surface area contributed by atoms with Crippen molar-refractivity contribution in [2.75, 3.05) is 20.3 Å². The molecular weight excluding hydrogens is 238 g/mol. The topological polar surface area (TPSA) is 39.1 Å². The van der Waals surface area contributed by atoms with Crippen LogP contribution in [0.2, 0.25) is 0 Å². The van der Waals surface area contributed by atoms with Gasteiger partial charge in [-0.15, -0.1) is 0 Å². The molecule has 19 heavy (non-hydrogen) atoms. The second-order valence-corrected chi connectivity index (χ2v) is 4.81. The number of hydrogen-bond acceptors (Lipinski definition) is 3. The zero-order chi connectivity index (χ0) is 13.5. The Balaban J connectivity index is 1.82. The Bertz CT molecular complexity index is 465. The summed E-state index contributed by atoms with van der Waals surface area (Å²) in [6.45, 7) is 4.82. The molecule has 1 aromatic carbocycles. The molecule has 0 aliphatic heterocycles. The van der Waals surface area contributed by atoms with Crippen molar-refractivity contribution in [3.63, 3.8) is 0 Å². The summed E-state index contributed by atoms with van der Waals surface area (Å²) in [5.41, 5.74) is 2.36. The monoisotopic (exact) mass is 259 g/mol. The molecule has 0 aliphatic rings. The first-order valence-electron chi connectivity index (χ1n) is 6.58. The number of rotatable bonds is 7. The highest BCUT2D eigenvalue weighted by atomic mass is 16.5. The van der Waals surface area contributed by atoms with Gasteiger partial charge in [0.25, 0.3) is 0 Å². The van der Waals surface area contributed by atoms with Crippen LogP contribution in [0.1, 0.15) is 12.5 Å². The largest absolute Gasteiger partial charge is 0.384 e. The lowest BCUT2D eigenvalue weighted by atomic mass is 10.1. The Morgan fingerprint density at radius 2 is 2.11 bits per heavy atom. The zero-order valence-corrected chi connectivity index (χ0v) is 11.5. The number of benzene rings is 1. The van der Waals surface area contributed by atoms with E-state index in [2.05, 4.69) is 41.6 Å². The molecule has 0 saturated heterocycles. The molecule has 4 nitrogen and oxygen atoms in total. The summed E-state index contributed by atoms with van der Waals surface area (Å²) in [5, 5.41) is 7.65. The average Bonchev–Trinajstić information content (AvgIpc) is 2.94. The van der Waals surface area contributed by atoms with E-state index in [-0.39, 0.29) is 0 Å². The van der Waals surface area contributed by atoms with Crippen LogP contribution in [-0.2, 0) is 11.3 Å². The lowest BCUT2D eigenvalue weighted by Gasteiger charge is -2.11. The first-order chi connectivity index (χ1) is 9.29. The van der Waals surface area contributed by atoms with E-state index in [1.54, 1.807) is 13.3 Å². The van der Waals surface area contributed by atoms with E-state index in [0.29, 0.717) is 5.92 Å². The Kier molecular flexibility index (Phi) is 5.12. The Labute approximate surface area is 114 Å². The van der Waals surface area contributed by atoms with Gasteiger partial charge in [-0.25, -0.2) is 4.68 Å². The lowest BCUT2D eigenvalue weighted by Crippen LogP contribution is -2.23. The van der Waals surface area contributed by atoms with Crippen molar-refractivity contribution in [3.8, 4) is 5.69 Å². The van der Waals surface area contributed by atoms with Crippen LogP contribution in [0, 0.1) is 5.92 Å². The normalized spacial score (nSPS) is 12.5. The minimum Gasteiger partial charge on any atom is -0.384 e. The van der Waals surface area contributed by atoms with Gasteiger partial charge in [-0.05, 0) is 29.7 Å². The third-order valence-corrected chi connectivity index (χ3v) is 2.98. The maximum Gasteiger partial charge on any atom is 0.0645 e. The van der Waals surface area contributed by atoms with Gasteiger partial charge in [0.15, 0.2) is 0 Å². The van der Waals surface area contributed by atoms with Crippen molar-refractivity contribution in [1.82, 2.24) is 15.1 Å². The highest BCUT2D eigenvalue weighted by molar-refractivity contribution is 5.33. The van der Waals surface area contributed by atoms with Crippen LogP contribution in [0.5, 0.6) is 0 Å². The van der Waals surface area contributed by atoms with Gasteiger partial charge in [-0.3, -0.25) is 0 Å². The van der Waals surface area contributed by atoms with Gasteiger partial charge in [0.1, 0.15) is 0 Å². The SMILES string of the molecule is COCC(C)CNCc1ccc(-n2cccn2)cc1. The zero-order valence-electron chi connectivity index (χ0n) is 11.5. The molecule has 2 aromatic rings. The average molecular weight is 259 g/mol. The molecule has 1 N–H and O–H groups in total. The van der Waals surface area contributed by atoms with Gasteiger partial charge in [0.2, 0.25) is 0 Å². The molecule has 4 heteroatoms. The van der Waals surface area contributed by atoms with Crippen molar-refractivity contribution >= 4 is 0 Å². The number of nitrogens with zero attached hydrogens (tertiary/aromatic N) is 2. The molecular formula is C15H21N3O. The quantitative estimate of drug-likeness (QED) is 0.829. The molecule has 0 radical (unpaired) electrons. The minimum absolute atomic E-state index is 0.536. The van der Waals surface area contributed by atoms with Crippen LogP contribution in [0.4, 0.5) is 0 Å². The van der Waals surface area contributed by atoms with Crippen LogP contribution in [0.3, 0.4) is 0 Å². The third kappa shape index (κ3) is 4.19. The highest BCUT2D eigenvalue weighted by Gasteiger charge is 2.01. The summed E-state index contributed by atoms with van der Waals surface area (Å²) in [6.07, 6.45) is 3.73. The fraction of sp³-hybridized carbons (Fsp3) is 0.400. The van der Waals surface area contributed by atoms with E-state index in [4.69, 9.17) is 4.74 Å². The van der Waals surface area contributed by atoms with Crippen LogP contribution >= 0.6 is 0 Å². The van der Waals surface area contributed by atoms with Crippen molar-refractivity contribution in [2.45, 2.75) is 13.5 Å². The molecule has 1 heterocycles. The van der Waals surface area contributed by atoms with Crippen molar-refractivity contribution in [2.24, 2.45) is 5.92 Å². The molecule has 1 atom stereocenters. The summed E-state index contributed by atoms with van der Waals surface area (Å²) >= 11 is 0. The standard InChI is InChI=1S/C15H21N3O/c1-13(12-19-2)10-16-11-14-4-6-15(7-5-14)18-9-3-8-17-18/h3-9,13,16H,10-12H2,1-2H3. The Morgan fingerprint density at radius 3 is 2.74 bits per heavy atom. The van der Waals surface area contributed by atoms with Crippen molar-refractivity contribution < 1.29 is 4.74 Å². The number of hydrogen-bond donors (Lipinski definition) is 1. The maximum atomic E-state index is 5.11. The van der Waals surface area contributed by atoms with Gasteiger partial charge in [0, 0.05) is 39.2 Å². The molecule has 0 bridgehead atoms.